The minimum atomic E-state index is -4.40. The van der Waals surface area contributed by atoms with Gasteiger partial charge in [0.1, 0.15) is 11.8 Å². The van der Waals surface area contributed by atoms with Gasteiger partial charge in [-0.3, -0.25) is 5.10 Å². The number of aromatic amines is 1. The first kappa shape index (κ1) is 10.3. The molecule has 0 aromatic carbocycles. The summed E-state index contributed by atoms with van der Waals surface area (Å²) >= 11 is 0. The van der Waals surface area contributed by atoms with E-state index < -0.39 is 11.9 Å². The second kappa shape index (κ2) is 3.73. The monoisotopic (exact) mass is 221 g/mol. The lowest BCUT2D eigenvalue weighted by atomic mass is 10.3. The zero-order chi connectivity index (χ0) is 10.9. The van der Waals surface area contributed by atoms with Gasteiger partial charge in [-0.15, -0.1) is 5.10 Å². The highest BCUT2D eigenvalue weighted by Crippen LogP contribution is 2.29. The number of nitrogens with zero attached hydrogens (tertiary/aromatic N) is 1. The molecule has 0 spiro atoms. The first-order valence-electron chi connectivity index (χ1n) is 4.55. The second-order valence-electron chi connectivity index (χ2n) is 3.35. The van der Waals surface area contributed by atoms with E-state index in [4.69, 9.17) is 4.74 Å². The smallest absolute Gasteiger partial charge is 0.432 e. The normalized spacial score (nSPS) is 21.9. The van der Waals surface area contributed by atoms with Crippen LogP contribution in [0.4, 0.5) is 13.2 Å². The van der Waals surface area contributed by atoms with E-state index in [1.54, 1.807) is 0 Å². The first-order valence-corrected chi connectivity index (χ1v) is 4.55. The largest absolute Gasteiger partial charge is 0.472 e. The highest BCUT2D eigenvalue weighted by atomic mass is 19.4. The van der Waals surface area contributed by atoms with Gasteiger partial charge in [-0.1, -0.05) is 0 Å². The number of rotatable bonds is 2. The molecule has 2 rings (SSSR count). The third-order valence-electron chi connectivity index (χ3n) is 2.16. The van der Waals surface area contributed by atoms with Gasteiger partial charge in [0.25, 0.3) is 0 Å². The van der Waals surface area contributed by atoms with Gasteiger partial charge in [-0.25, -0.2) is 0 Å². The summed E-state index contributed by atoms with van der Waals surface area (Å²) in [5.74, 6) is -0.00368. The number of halogens is 3. The molecule has 1 atom stereocenters. The van der Waals surface area contributed by atoms with Crippen LogP contribution in [0.15, 0.2) is 6.07 Å². The van der Waals surface area contributed by atoms with Crippen LogP contribution in [0.3, 0.4) is 0 Å². The highest BCUT2D eigenvalue weighted by molar-refractivity contribution is 5.16. The summed E-state index contributed by atoms with van der Waals surface area (Å²) in [6, 6.07) is 0.873. The molecule has 84 valence electrons. The van der Waals surface area contributed by atoms with Crippen LogP contribution in [0.1, 0.15) is 12.1 Å². The molecule has 1 fully saturated rings. The van der Waals surface area contributed by atoms with Crippen molar-refractivity contribution in [2.45, 2.75) is 18.7 Å². The average Bonchev–Trinajstić information content (AvgIpc) is 2.73. The molecule has 0 aliphatic carbocycles. The maximum absolute atomic E-state index is 12.2. The average molecular weight is 221 g/mol. The molecule has 0 saturated carbocycles. The molecule has 4 nitrogen and oxygen atoms in total. The van der Waals surface area contributed by atoms with Gasteiger partial charge in [-0.05, 0) is 13.0 Å². The maximum atomic E-state index is 12.2. The molecule has 1 aliphatic heterocycles. The van der Waals surface area contributed by atoms with E-state index in [0.29, 0.717) is 6.54 Å². The summed E-state index contributed by atoms with van der Waals surface area (Å²) in [5.41, 5.74) is -0.886. The quantitative estimate of drug-likeness (QED) is 0.788. The standard InChI is InChI=1S/C8H10F3N3O/c9-8(10,11)6-3-7(14-13-6)15-5-1-2-12-4-5/h3,5,12H,1-2,4H2,(H,13,14). The SMILES string of the molecule is FC(F)(F)c1cc(OC2CCNC2)n[nH]1. The van der Waals surface area contributed by atoms with Gasteiger partial charge in [0.15, 0.2) is 0 Å². The molecular formula is C8H10F3N3O. The van der Waals surface area contributed by atoms with E-state index in [9.17, 15) is 13.2 Å². The highest BCUT2D eigenvalue weighted by Gasteiger charge is 2.33. The van der Waals surface area contributed by atoms with E-state index in [-0.39, 0.29) is 12.0 Å². The Hall–Kier alpha value is -1.24. The van der Waals surface area contributed by atoms with E-state index in [0.717, 1.165) is 19.0 Å². The van der Waals surface area contributed by atoms with Crippen LogP contribution in [0.25, 0.3) is 0 Å². The molecule has 0 radical (unpaired) electrons. The van der Waals surface area contributed by atoms with Crippen molar-refractivity contribution in [1.29, 1.82) is 0 Å². The molecule has 1 aliphatic rings. The van der Waals surface area contributed by atoms with Crippen molar-refractivity contribution in [3.63, 3.8) is 0 Å². The Labute approximate surface area is 83.8 Å². The van der Waals surface area contributed by atoms with Crippen LogP contribution < -0.4 is 10.1 Å². The Kier molecular flexibility index (Phi) is 2.56. The summed E-state index contributed by atoms with van der Waals surface area (Å²) < 4.78 is 41.8. The summed E-state index contributed by atoms with van der Waals surface area (Å²) in [6.07, 6.45) is -3.70. The molecule has 15 heavy (non-hydrogen) atoms. The lowest BCUT2D eigenvalue weighted by Gasteiger charge is -2.08. The van der Waals surface area contributed by atoms with E-state index in [2.05, 4.69) is 10.4 Å². The fourth-order valence-corrected chi connectivity index (χ4v) is 1.41. The third kappa shape index (κ3) is 2.41. The molecule has 7 heteroatoms. The fraction of sp³-hybridized carbons (Fsp3) is 0.625. The minimum absolute atomic E-state index is 0.00368. The summed E-state index contributed by atoms with van der Waals surface area (Å²) in [7, 11) is 0. The molecule has 2 heterocycles. The zero-order valence-corrected chi connectivity index (χ0v) is 7.77. The van der Waals surface area contributed by atoms with E-state index in [1.165, 1.54) is 0 Å². The van der Waals surface area contributed by atoms with Crippen molar-refractivity contribution in [2.24, 2.45) is 0 Å². The molecule has 1 saturated heterocycles. The van der Waals surface area contributed by atoms with Crippen molar-refractivity contribution in [2.75, 3.05) is 13.1 Å². The van der Waals surface area contributed by atoms with Crippen LogP contribution in [-0.2, 0) is 6.18 Å². The van der Waals surface area contributed by atoms with Gasteiger partial charge in [0.05, 0.1) is 0 Å². The summed E-state index contributed by atoms with van der Waals surface area (Å²) in [5, 5.41) is 8.39. The number of hydrogen-bond donors (Lipinski definition) is 2. The Bertz CT molecular complexity index is 330. The van der Waals surface area contributed by atoms with Crippen LogP contribution in [-0.4, -0.2) is 29.4 Å². The summed E-state index contributed by atoms with van der Waals surface area (Å²) in [4.78, 5) is 0. The Morgan fingerprint density at radius 3 is 2.80 bits per heavy atom. The van der Waals surface area contributed by atoms with Crippen molar-refractivity contribution in [3.05, 3.63) is 11.8 Å². The molecule has 2 N–H and O–H groups in total. The number of ether oxygens (including phenoxy) is 1. The minimum Gasteiger partial charge on any atom is -0.472 e. The van der Waals surface area contributed by atoms with Crippen molar-refractivity contribution >= 4 is 0 Å². The Balaban J connectivity index is 2.00. The Morgan fingerprint density at radius 2 is 2.27 bits per heavy atom. The van der Waals surface area contributed by atoms with E-state index in [1.807, 2.05) is 5.10 Å². The number of aromatic nitrogens is 2. The maximum Gasteiger partial charge on any atom is 0.432 e. The fourth-order valence-electron chi connectivity index (χ4n) is 1.41. The lowest BCUT2D eigenvalue weighted by molar-refractivity contribution is -0.141. The number of H-pyrrole nitrogens is 1. The topological polar surface area (TPSA) is 49.9 Å². The van der Waals surface area contributed by atoms with Crippen LogP contribution >= 0.6 is 0 Å². The van der Waals surface area contributed by atoms with Gasteiger partial charge in [0.2, 0.25) is 5.88 Å². The number of alkyl halides is 3. The number of nitrogens with one attached hydrogen (secondary N) is 2. The van der Waals surface area contributed by atoms with Crippen LogP contribution in [0.2, 0.25) is 0 Å². The van der Waals surface area contributed by atoms with Crippen molar-refractivity contribution in [1.82, 2.24) is 15.5 Å². The molecule has 0 amide bonds. The first-order chi connectivity index (χ1) is 7.05. The molecular weight excluding hydrogens is 211 g/mol. The zero-order valence-electron chi connectivity index (χ0n) is 7.77. The van der Waals surface area contributed by atoms with Gasteiger partial charge in [0, 0.05) is 12.6 Å². The van der Waals surface area contributed by atoms with Crippen molar-refractivity contribution < 1.29 is 17.9 Å². The Morgan fingerprint density at radius 1 is 1.47 bits per heavy atom. The predicted octanol–water partition coefficient (Wildman–Crippen LogP) is 1.17. The van der Waals surface area contributed by atoms with E-state index >= 15 is 0 Å². The number of hydrogen-bond acceptors (Lipinski definition) is 3. The second-order valence-corrected chi connectivity index (χ2v) is 3.35. The van der Waals surface area contributed by atoms with Crippen LogP contribution in [0.5, 0.6) is 5.88 Å². The van der Waals surface area contributed by atoms with Crippen molar-refractivity contribution in [3.8, 4) is 5.88 Å². The van der Waals surface area contributed by atoms with Gasteiger partial charge >= 0.3 is 6.18 Å². The molecule has 1 aromatic heterocycles. The summed E-state index contributed by atoms with van der Waals surface area (Å²) in [6.45, 7) is 1.47. The molecule has 1 aromatic rings. The third-order valence-corrected chi connectivity index (χ3v) is 2.16. The van der Waals surface area contributed by atoms with Gasteiger partial charge < -0.3 is 10.1 Å². The lowest BCUT2D eigenvalue weighted by Crippen LogP contribution is -2.19. The molecule has 1 unspecified atom stereocenters. The molecule has 0 bridgehead atoms. The predicted molar refractivity (Wildman–Crippen MR) is 45.5 cm³/mol. The van der Waals surface area contributed by atoms with Crippen LogP contribution in [0, 0.1) is 0 Å². The van der Waals surface area contributed by atoms with Gasteiger partial charge in [-0.2, -0.15) is 13.2 Å².